The Kier molecular flexibility index (Phi) is 7.66. The fourth-order valence-electron chi connectivity index (χ4n) is 3.09. The highest BCUT2D eigenvalue weighted by atomic mass is 16.5. The predicted molar refractivity (Wildman–Crippen MR) is 113 cm³/mol. The lowest BCUT2D eigenvalue weighted by Gasteiger charge is -2.28. The van der Waals surface area contributed by atoms with Gasteiger partial charge in [-0.15, -0.1) is 0 Å². The Balaban J connectivity index is 2.33. The molecule has 2 aromatic carbocycles. The first-order valence-corrected chi connectivity index (χ1v) is 10.1. The fraction of sp³-hybridized carbons (Fsp3) is 0.522. The molecule has 0 aromatic heterocycles. The Morgan fingerprint density at radius 2 is 1.78 bits per heavy atom. The van der Waals surface area contributed by atoms with Gasteiger partial charge < -0.3 is 14.8 Å². The van der Waals surface area contributed by atoms with Crippen LogP contribution in [0.5, 0.6) is 5.75 Å². The van der Waals surface area contributed by atoms with Gasteiger partial charge in [-0.05, 0) is 45.2 Å². The molecule has 27 heavy (non-hydrogen) atoms. The second kappa shape index (κ2) is 9.75. The molecule has 0 spiro atoms. The van der Waals surface area contributed by atoms with E-state index in [4.69, 9.17) is 9.47 Å². The SMILES string of the molecule is CCCO[C@@](C)(CCC)C(=O)Nc1ccc(O[C@H](C)CC)c2ccccc12. The van der Waals surface area contributed by atoms with Gasteiger partial charge in [0.2, 0.25) is 0 Å². The minimum atomic E-state index is -0.822. The third-order valence-electron chi connectivity index (χ3n) is 4.87. The van der Waals surface area contributed by atoms with Gasteiger partial charge in [0.05, 0.1) is 6.10 Å². The van der Waals surface area contributed by atoms with E-state index in [2.05, 4.69) is 26.1 Å². The molecule has 0 fully saturated rings. The van der Waals surface area contributed by atoms with Crippen LogP contribution in [0.1, 0.15) is 60.3 Å². The van der Waals surface area contributed by atoms with Crippen molar-refractivity contribution < 1.29 is 14.3 Å². The van der Waals surface area contributed by atoms with Crippen molar-refractivity contribution in [3.63, 3.8) is 0 Å². The van der Waals surface area contributed by atoms with Crippen molar-refractivity contribution in [3.8, 4) is 5.75 Å². The molecule has 0 unspecified atom stereocenters. The smallest absolute Gasteiger partial charge is 0.256 e. The highest BCUT2D eigenvalue weighted by Gasteiger charge is 2.33. The quantitative estimate of drug-likeness (QED) is 0.562. The van der Waals surface area contributed by atoms with E-state index in [1.54, 1.807) is 0 Å². The number of carbonyl (C=O) groups is 1. The van der Waals surface area contributed by atoms with E-state index in [1.165, 1.54) is 0 Å². The molecule has 1 N–H and O–H groups in total. The first-order chi connectivity index (χ1) is 12.9. The van der Waals surface area contributed by atoms with Crippen LogP contribution in [-0.4, -0.2) is 24.2 Å². The lowest BCUT2D eigenvalue weighted by atomic mass is 9.98. The second-order valence-electron chi connectivity index (χ2n) is 7.28. The van der Waals surface area contributed by atoms with Crippen molar-refractivity contribution in [1.29, 1.82) is 0 Å². The molecule has 2 aromatic rings. The van der Waals surface area contributed by atoms with Gasteiger partial charge in [0.1, 0.15) is 11.4 Å². The summed E-state index contributed by atoms with van der Waals surface area (Å²) in [6.45, 7) is 10.7. The summed E-state index contributed by atoms with van der Waals surface area (Å²) in [4.78, 5) is 13.0. The number of nitrogens with one attached hydrogen (secondary N) is 1. The monoisotopic (exact) mass is 371 g/mol. The number of fused-ring (bicyclic) bond motifs is 1. The molecule has 4 heteroatoms. The Morgan fingerprint density at radius 1 is 1.07 bits per heavy atom. The largest absolute Gasteiger partial charge is 0.490 e. The number of ether oxygens (including phenoxy) is 2. The van der Waals surface area contributed by atoms with Crippen LogP contribution in [0.15, 0.2) is 36.4 Å². The van der Waals surface area contributed by atoms with E-state index in [0.29, 0.717) is 13.0 Å². The molecule has 0 aliphatic heterocycles. The average molecular weight is 372 g/mol. The summed E-state index contributed by atoms with van der Waals surface area (Å²) < 4.78 is 12.0. The van der Waals surface area contributed by atoms with Crippen LogP contribution in [0.3, 0.4) is 0 Å². The van der Waals surface area contributed by atoms with Gasteiger partial charge in [0.15, 0.2) is 0 Å². The minimum absolute atomic E-state index is 0.0986. The number of carbonyl (C=O) groups excluding carboxylic acids is 1. The zero-order valence-corrected chi connectivity index (χ0v) is 17.3. The Bertz CT molecular complexity index is 758. The summed E-state index contributed by atoms with van der Waals surface area (Å²) in [5.74, 6) is 0.745. The predicted octanol–water partition coefficient (Wildman–Crippen LogP) is 5.94. The van der Waals surface area contributed by atoms with E-state index in [9.17, 15) is 4.79 Å². The van der Waals surface area contributed by atoms with Crippen molar-refractivity contribution in [2.45, 2.75) is 72.0 Å². The molecule has 2 atom stereocenters. The molecular weight excluding hydrogens is 338 g/mol. The lowest BCUT2D eigenvalue weighted by molar-refractivity contribution is -0.140. The average Bonchev–Trinajstić information content (AvgIpc) is 2.68. The minimum Gasteiger partial charge on any atom is -0.490 e. The van der Waals surface area contributed by atoms with E-state index >= 15 is 0 Å². The number of anilines is 1. The summed E-state index contributed by atoms with van der Waals surface area (Å²) in [5.41, 5.74) is -0.0351. The molecule has 4 nitrogen and oxygen atoms in total. The normalized spacial score (nSPS) is 14.6. The molecular formula is C23H33NO3. The zero-order chi connectivity index (χ0) is 19.9. The van der Waals surface area contributed by atoms with Crippen LogP contribution < -0.4 is 10.1 Å². The fourth-order valence-corrected chi connectivity index (χ4v) is 3.09. The third kappa shape index (κ3) is 5.23. The summed E-state index contributed by atoms with van der Waals surface area (Å²) in [6.07, 6.45) is 3.54. The molecule has 1 amide bonds. The maximum Gasteiger partial charge on any atom is 0.256 e. The summed E-state index contributed by atoms with van der Waals surface area (Å²) in [5, 5.41) is 5.07. The van der Waals surface area contributed by atoms with Crippen LogP contribution in [-0.2, 0) is 9.53 Å². The van der Waals surface area contributed by atoms with Crippen molar-refractivity contribution in [3.05, 3.63) is 36.4 Å². The van der Waals surface area contributed by atoms with Crippen LogP contribution in [0.4, 0.5) is 5.69 Å². The van der Waals surface area contributed by atoms with Gasteiger partial charge in [-0.2, -0.15) is 0 Å². The molecule has 2 rings (SSSR count). The molecule has 0 saturated heterocycles. The lowest BCUT2D eigenvalue weighted by Crippen LogP contribution is -2.43. The third-order valence-corrected chi connectivity index (χ3v) is 4.87. The highest BCUT2D eigenvalue weighted by Crippen LogP contribution is 2.33. The Labute approximate surface area is 163 Å². The number of benzene rings is 2. The molecule has 0 aliphatic rings. The van der Waals surface area contributed by atoms with Crippen LogP contribution >= 0.6 is 0 Å². The Hall–Kier alpha value is -2.07. The summed E-state index contributed by atoms with van der Waals surface area (Å²) >= 11 is 0. The molecule has 0 bridgehead atoms. The Morgan fingerprint density at radius 3 is 2.41 bits per heavy atom. The zero-order valence-electron chi connectivity index (χ0n) is 17.3. The maximum absolute atomic E-state index is 13.0. The topological polar surface area (TPSA) is 47.6 Å². The highest BCUT2D eigenvalue weighted by molar-refractivity contribution is 6.06. The van der Waals surface area contributed by atoms with Gasteiger partial charge in [0.25, 0.3) is 5.91 Å². The first-order valence-electron chi connectivity index (χ1n) is 10.1. The molecule has 0 aliphatic carbocycles. The van der Waals surface area contributed by atoms with Gasteiger partial charge in [-0.3, -0.25) is 4.79 Å². The van der Waals surface area contributed by atoms with E-state index in [-0.39, 0.29) is 12.0 Å². The first kappa shape index (κ1) is 21.2. The van der Waals surface area contributed by atoms with Gasteiger partial charge in [-0.1, -0.05) is 51.5 Å². The summed E-state index contributed by atoms with van der Waals surface area (Å²) in [6, 6.07) is 11.9. The molecule has 148 valence electrons. The molecule has 0 radical (unpaired) electrons. The molecule has 0 saturated carbocycles. The number of rotatable bonds is 10. The van der Waals surface area contributed by atoms with Gasteiger partial charge in [-0.25, -0.2) is 0 Å². The van der Waals surface area contributed by atoms with Crippen LogP contribution in [0.2, 0.25) is 0 Å². The number of hydrogen-bond acceptors (Lipinski definition) is 3. The van der Waals surface area contributed by atoms with Crippen LogP contribution in [0, 0.1) is 0 Å². The molecule has 0 heterocycles. The van der Waals surface area contributed by atoms with E-state index in [0.717, 1.165) is 41.5 Å². The van der Waals surface area contributed by atoms with Gasteiger partial charge >= 0.3 is 0 Å². The van der Waals surface area contributed by atoms with E-state index < -0.39 is 5.60 Å². The van der Waals surface area contributed by atoms with Crippen LogP contribution in [0.25, 0.3) is 10.8 Å². The van der Waals surface area contributed by atoms with Crippen molar-refractivity contribution >= 4 is 22.4 Å². The van der Waals surface area contributed by atoms with Crippen molar-refractivity contribution in [2.24, 2.45) is 0 Å². The van der Waals surface area contributed by atoms with Crippen molar-refractivity contribution in [1.82, 2.24) is 0 Å². The number of hydrogen-bond donors (Lipinski definition) is 1. The van der Waals surface area contributed by atoms with Gasteiger partial charge in [0, 0.05) is 23.1 Å². The second-order valence-corrected chi connectivity index (χ2v) is 7.28. The standard InChI is InChI=1S/C23H33NO3/c1-6-15-23(5,26-16-7-2)22(25)24-20-13-14-21(27-17(4)8-3)19-12-10-9-11-18(19)20/h9-14,17H,6-8,15-16H2,1-5H3,(H,24,25)/t17-,23+/m1/s1. The van der Waals surface area contributed by atoms with E-state index in [1.807, 2.05) is 50.2 Å². The van der Waals surface area contributed by atoms with Crippen molar-refractivity contribution in [2.75, 3.05) is 11.9 Å². The maximum atomic E-state index is 13.0. The summed E-state index contributed by atoms with van der Waals surface area (Å²) in [7, 11) is 0. The number of amides is 1.